The first-order chi connectivity index (χ1) is 6.49. The van der Waals surface area contributed by atoms with E-state index in [0.717, 1.165) is 12.8 Å². The number of rotatable bonds is 3. The van der Waals surface area contributed by atoms with Crippen LogP contribution in [0.3, 0.4) is 0 Å². The summed E-state index contributed by atoms with van der Waals surface area (Å²) in [4.78, 5) is 0. The van der Waals surface area contributed by atoms with E-state index in [9.17, 15) is 5.11 Å². The summed E-state index contributed by atoms with van der Waals surface area (Å²) in [5.74, 6) is 0. The maximum atomic E-state index is 10.1. The normalized spacial score (nSPS) is 23.8. The maximum absolute atomic E-state index is 10.1. The fourth-order valence-electron chi connectivity index (χ4n) is 2.80. The molecule has 1 N–H and O–H groups in total. The molecule has 1 unspecified atom stereocenters. The molecule has 1 aliphatic rings. The second-order valence-electron chi connectivity index (χ2n) is 5.24. The molecule has 0 bridgehead atoms. The Balaban J connectivity index is 2.89. The summed E-state index contributed by atoms with van der Waals surface area (Å²) in [6.45, 7) is 8.86. The number of hydrogen-bond acceptors (Lipinski definition) is 1. The molecule has 1 rings (SSSR count). The zero-order chi connectivity index (χ0) is 10.8. The van der Waals surface area contributed by atoms with Gasteiger partial charge in [-0.1, -0.05) is 32.8 Å². The number of allylic oxidation sites excluding steroid dienone is 1. The molecular weight excluding hydrogens is 172 g/mol. The smallest absolute Gasteiger partial charge is 0.0757 e. The average molecular weight is 196 g/mol. The van der Waals surface area contributed by atoms with Crippen LogP contribution in [-0.4, -0.2) is 11.2 Å². The Labute approximate surface area is 88.2 Å². The third kappa shape index (κ3) is 2.38. The van der Waals surface area contributed by atoms with E-state index in [0.29, 0.717) is 0 Å². The van der Waals surface area contributed by atoms with Gasteiger partial charge in [0.05, 0.1) is 6.10 Å². The molecular formula is C13H24O. The second kappa shape index (κ2) is 4.48. The molecule has 14 heavy (non-hydrogen) atoms. The van der Waals surface area contributed by atoms with Crippen molar-refractivity contribution >= 4 is 0 Å². The molecule has 0 spiro atoms. The Hall–Kier alpha value is -0.300. The molecule has 0 aromatic heterocycles. The molecule has 0 radical (unpaired) electrons. The molecule has 82 valence electrons. The van der Waals surface area contributed by atoms with Crippen LogP contribution >= 0.6 is 0 Å². The van der Waals surface area contributed by atoms with Gasteiger partial charge >= 0.3 is 0 Å². The van der Waals surface area contributed by atoms with Gasteiger partial charge in [-0.3, -0.25) is 0 Å². The minimum Gasteiger partial charge on any atom is -0.389 e. The van der Waals surface area contributed by atoms with Gasteiger partial charge in [-0.2, -0.15) is 0 Å². The van der Waals surface area contributed by atoms with Crippen LogP contribution in [0.1, 0.15) is 59.8 Å². The van der Waals surface area contributed by atoms with Crippen LogP contribution in [-0.2, 0) is 0 Å². The molecule has 0 saturated carbocycles. The molecule has 0 saturated heterocycles. The van der Waals surface area contributed by atoms with E-state index in [1.165, 1.54) is 30.4 Å². The monoisotopic (exact) mass is 196 g/mol. The highest BCUT2D eigenvalue weighted by Crippen LogP contribution is 2.42. The van der Waals surface area contributed by atoms with Crippen molar-refractivity contribution in [2.24, 2.45) is 5.41 Å². The van der Waals surface area contributed by atoms with Crippen LogP contribution in [0.5, 0.6) is 0 Å². The minimum atomic E-state index is -0.199. The van der Waals surface area contributed by atoms with E-state index in [1.54, 1.807) is 0 Å². The van der Waals surface area contributed by atoms with Crippen LogP contribution in [0.2, 0.25) is 0 Å². The number of aliphatic hydroxyl groups is 1. The third-order valence-corrected chi connectivity index (χ3v) is 3.44. The fourth-order valence-corrected chi connectivity index (χ4v) is 2.80. The van der Waals surface area contributed by atoms with Gasteiger partial charge in [-0.15, -0.1) is 0 Å². The first-order valence-corrected chi connectivity index (χ1v) is 5.87. The highest BCUT2D eigenvalue weighted by molar-refractivity contribution is 5.25. The van der Waals surface area contributed by atoms with E-state index < -0.39 is 0 Å². The minimum absolute atomic E-state index is 0.199. The van der Waals surface area contributed by atoms with E-state index in [2.05, 4.69) is 27.7 Å². The number of hydrogen-bond donors (Lipinski definition) is 1. The first kappa shape index (κ1) is 11.8. The van der Waals surface area contributed by atoms with Gasteiger partial charge in [0.15, 0.2) is 0 Å². The van der Waals surface area contributed by atoms with Crippen molar-refractivity contribution in [2.45, 2.75) is 65.9 Å². The molecule has 0 fully saturated rings. The zero-order valence-electron chi connectivity index (χ0n) is 10.1. The summed E-state index contributed by atoms with van der Waals surface area (Å²) < 4.78 is 0. The maximum Gasteiger partial charge on any atom is 0.0757 e. The topological polar surface area (TPSA) is 20.2 Å². The lowest BCUT2D eigenvalue weighted by atomic mass is 9.70. The van der Waals surface area contributed by atoms with Crippen LogP contribution < -0.4 is 0 Å². The zero-order valence-corrected chi connectivity index (χ0v) is 10.1. The summed E-state index contributed by atoms with van der Waals surface area (Å²) >= 11 is 0. The molecule has 0 aliphatic heterocycles. The molecule has 1 nitrogen and oxygen atoms in total. The van der Waals surface area contributed by atoms with Crippen LogP contribution in [0.15, 0.2) is 11.1 Å². The molecule has 1 atom stereocenters. The van der Waals surface area contributed by atoms with Crippen molar-refractivity contribution in [3.05, 3.63) is 11.1 Å². The molecule has 0 heterocycles. The molecule has 1 heteroatoms. The lowest BCUT2D eigenvalue weighted by molar-refractivity contribution is 0.159. The highest BCUT2D eigenvalue weighted by Gasteiger charge is 2.32. The quantitative estimate of drug-likeness (QED) is 0.683. The van der Waals surface area contributed by atoms with Crippen molar-refractivity contribution in [3.8, 4) is 0 Å². The van der Waals surface area contributed by atoms with Gasteiger partial charge in [0.25, 0.3) is 0 Å². The van der Waals surface area contributed by atoms with Gasteiger partial charge in [-0.25, -0.2) is 0 Å². The SMILES string of the molecule is CCCC(O)C1=C(C)CCCC1(C)C. The predicted molar refractivity (Wildman–Crippen MR) is 61.2 cm³/mol. The molecule has 0 amide bonds. The van der Waals surface area contributed by atoms with Crippen LogP contribution in [0.4, 0.5) is 0 Å². The van der Waals surface area contributed by atoms with E-state index in [-0.39, 0.29) is 11.5 Å². The molecule has 0 aromatic rings. The third-order valence-electron chi connectivity index (χ3n) is 3.44. The van der Waals surface area contributed by atoms with Gasteiger partial charge in [0, 0.05) is 0 Å². The van der Waals surface area contributed by atoms with Crippen molar-refractivity contribution < 1.29 is 5.11 Å². The lowest BCUT2D eigenvalue weighted by Crippen LogP contribution is -2.28. The Morgan fingerprint density at radius 1 is 1.43 bits per heavy atom. The second-order valence-corrected chi connectivity index (χ2v) is 5.24. The summed E-state index contributed by atoms with van der Waals surface area (Å²) in [6, 6.07) is 0. The summed E-state index contributed by atoms with van der Waals surface area (Å²) in [5, 5.41) is 10.1. The standard InChI is InChI=1S/C13H24O/c1-5-7-11(14)12-10(2)8-6-9-13(12,3)4/h11,14H,5-9H2,1-4H3. The van der Waals surface area contributed by atoms with E-state index in [4.69, 9.17) is 0 Å². The van der Waals surface area contributed by atoms with Crippen LogP contribution in [0.25, 0.3) is 0 Å². The van der Waals surface area contributed by atoms with Crippen molar-refractivity contribution in [1.82, 2.24) is 0 Å². The Morgan fingerprint density at radius 2 is 2.07 bits per heavy atom. The highest BCUT2D eigenvalue weighted by atomic mass is 16.3. The van der Waals surface area contributed by atoms with Crippen molar-refractivity contribution in [1.29, 1.82) is 0 Å². The van der Waals surface area contributed by atoms with Gasteiger partial charge in [0.1, 0.15) is 0 Å². The van der Waals surface area contributed by atoms with E-state index >= 15 is 0 Å². The molecule has 1 aliphatic carbocycles. The van der Waals surface area contributed by atoms with Gasteiger partial charge in [0.2, 0.25) is 0 Å². The summed E-state index contributed by atoms with van der Waals surface area (Å²) in [7, 11) is 0. The summed E-state index contributed by atoms with van der Waals surface area (Å²) in [5.41, 5.74) is 2.98. The average Bonchev–Trinajstić information content (AvgIpc) is 2.02. The van der Waals surface area contributed by atoms with Crippen molar-refractivity contribution in [2.75, 3.05) is 0 Å². The Morgan fingerprint density at radius 3 is 2.57 bits per heavy atom. The fraction of sp³-hybridized carbons (Fsp3) is 0.846. The van der Waals surface area contributed by atoms with Crippen LogP contribution in [0, 0.1) is 5.41 Å². The van der Waals surface area contributed by atoms with Gasteiger partial charge < -0.3 is 5.11 Å². The van der Waals surface area contributed by atoms with Crippen molar-refractivity contribution in [3.63, 3.8) is 0 Å². The summed E-state index contributed by atoms with van der Waals surface area (Å²) in [6.07, 6.45) is 5.46. The molecule has 0 aromatic carbocycles. The lowest BCUT2D eigenvalue weighted by Gasteiger charge is -2.37. The largest absolute Gasteiger partial charge is 0.389 e. The number of aliphatic hydroxyl groups excluding tert-OH is 1. The van der Waals surface area contributed by atoms with E-state index in [1.807, 2.05) is 0 Å². The predicted octanol–water partition coefficient (Wildman–Crippen LogP) is 3.67. The Bertz CT molecular complexity index is 225. The van der Waals surface area contributed by atoms with Gasteiger partial charge in [-0.05, 0) is 43.6 Å². The Kier molecular flexibility index (Phi) is 3.77. The first-order valence-electron chi connectivity index (χ1n) is 5.87.